The predicted octanol–water partition coefficient (Wildman–Crippen LogP) is 4.33. The van der Waals surface area contributed by atoms with Gasteiger partial charge in [0.25, 0.3) is 0 Å². The molecule has 0 saturated carbocycles. The number of nitrogens with zero attached hydrogens (tertiary/aromatic N) is 3. The zero-order chi connectivity index (χ0) is 15.8. The molecule has 112 valence electrons. The Morgan fingerprint density at radius 2 is 2.04 bits per heavy atom. The summed E-state index contributed by atoms with van der Waals surface area (Å²) in [6, 6.07) is 15.5. The fourth-order valence-electron chi connectivity index (χ4n) is 2.52. The molecule has 0 aliphatic heterocycles. The van der Waals surface area contributed by atoms with Gasteiger partial charge in [-0.3, -0.25) is 4.79 Å². The fourth-order valence-corrected chi connectivity index (χ4v) is 3.21. The number of aromatic nitrogens is 3. The summed E-state index contributed by atoms with van der Waals surface area (Å²) in [5, 5.41) is 6.74. The van der Waals surface area contributed by atoms with E-state index >= 15 is 0 Å². The minimum atomic E-state index is 0.0490. The molecule has 4 aromatic rings. The van der Waals surface area contributed by atoms with E-state index in [1.807, 2.05) is 58.4 Å². The number of hydrogen-bond acceptors (Lipinski definition) is 4. The Hall–Kier alpha value is -2.79. The van der Waals surface area contributed by atoms with Crippen LogP contribution in [0.2, 0.25) is 0 Å². The van der Waals surface area contributed by atoms with Gasteiger partial charge in [-0.2, -0.15) is 5.10 Å². The highest BCUT2D eigenvalue weighted by atomic mass is 32.1. The van der Waals surface area contributed by atoms with Crippen molar-refractivity contribution < 1.29 is 4.79 Å². The molecule has 3 heterocycles. The van der Waals surface area contributed by atoms with Crippen molar-refractivity contribution in [2.45, 2.75) is 6.92 Å². The Kier molecular flexibility index (Phi) is 3.28. The molecule has 1 aromatic carbocycles. The van der Waals surface area contributed by atoms with Crippen LogP contribution >= 0.6 is 11.3 Å². The van der Waals surface area contributed by atoms with Crippen LogP contribution in [0, 0.1) is 0 Å². The third-order valence-corrected chi connectivity index (χ3v) is 4.59. The van der Waals surface area contributed by atoms with E-state index < -0.39 is 0 Å². The first-order valence-corrected chi connectivity index (χ1v) is 8.10. The topological polar surface area (TPSA) is 47.3 Å². The molecule has 0 spiro atoms. The quantitative estimate of drug-likeness (QED) is 0.528. The molecule has 0 N–H and O–H groups in total. The average molecular weight is 319 g/mol. The van der Waals surface area contributed by atoms with Gasteiger partial charge in [-0.25, -0.2) is 9.50 Å². The number of ketones is 1. The lowest BCUT2D eigenvalue weighted by Gasteiger charge is -2.04. The van der Waals surface area contributed by atoms with Crippen LogP contribution in [-0.2, 0) is 0 Å². The Labute approximate surface area is 137 Å². The number of fused-ring (bicyclic) bond motifs is 1. The van der Waals surface area contributed by atoms with Crippen molar-refractivity contribution in [2.24, 2.45) is 0 Å². The van der Waals surface area contributed by atoms with Crippen molar-refractivity contribution in [3.05, 3.63) is 65.7 Å². The van der Waals surface area contributed by atoms with Gasteiger partial charge >= 0.3 is 0 Å². The van der Waals surface area contributed by atoms with E-state index in [0.29, 0.717) is 5.56 Å². The lowest BCUT2D eigenvalue weighted by atomic mass is 10.1. The first-order chi connectivity index (χ1) is 11.2. The molecule has 23 heavy (non-hydrogen) atoms. The SMILES string of the molecule is CC(=O)c1cccc(-c2cnc3ccc(-c4cccs4)nn23)c1. The summed E-state index contributed by atoms with van der Waals surface area (Å²) in [5.41, 5.74) is 4.19. The standard InChI is InChI=1S/C18H13N3OS/c1-12(22)13-4-2-5-14(10-13)16-11-19-18-8-7-15(20-21(16)18)17-6-3-9-23-17/h2-11H,1H3. The zero-order valence-electron chi connectivity index (χ0n) is 12.4. The van der Waals surface area contributed by atoms with Gasteiger partial charge in [-0.05, 0) is 36.6 Å². The molecule has 0 aliphatic rings. The van der Waals surface area contributed by atoms with Gasteiger partial charge in [0.15, 0.2) is 11.4 Å². The van der Waals surface area contributed by atoms with Crippen LogP contribution in [0.5, 0.6) is 0 Å². The third kappa shape index (κ3) is 2.45. The number of benzene rings is 1. The minimum absolute atomic E-state index is 0.0490. The summed E-state index contributed by atoms with van der Waals surface area (Å²) in [6.07, 6.45) is 1.79. The van der Waals surface area contributed by atoms with Crippen LogP contribution in [0.3, 0.4) is 0 Å². The third-order valence-electron chi connectivity index (χ3n) is 3.70. The predicted molar refractivity (Wildman–Crippen MR) is 91.7 cm³/mol. The number of imidazole rings is 1. The van der Waals surface area contributed by atoms with Gasteiger partial charge in [0.1, 0.15) is 5.69 Å². The maximum atomic E-state index is 11.6. The highest BCUT2D eigenvalue weighted by Crippen LogP contribution is 2.26. The van der Waals surface area contributed by atoms with Crippen molar-refractivity contribution in [3.8, 4) is 21.8 Å². The van der Waals surface area contributed by atoms with Crippen molar-refractivity contribution in [1.82, 2.24) is 14.6 Å². The summed E-state index contributed by atoms with van der Waals surface area (Å²) < 4.78 is 1.83. The fraction of sp³-hybridized carbons (Fsp3) is 0.0556. The number of rotatable bonds is 3. The maximum Gasteiger partial charge on any atom is 0.159 e. The van der Waals surface area contributed by atoms with Gasteiger partial charge < -0.3 is 0 Å². The second-order valence-corrected chi connectivity index (χ2v) is 6.19. The molecule has 4 nitrogen and oxygen atoms in total. The largest absolute Gasteiger partial charge is 0.295 e. The highest BCUT2D eigenvalue weighted by Gasteiger charge is 2.10. The van der Waals surface area contributed by atoms with E-state index in [1.165, 1.54) is 0 Å². The van der Waals surface area contributed by atoms with E-state index in [0.717, 1.165) is 27.5 Å². The molecule has 0 atom stereocenters. The summed E-state index contributed by atoms with van der Waals surface area (Å²) in [5.74, 6) is 0.0490. The Morgan fingerprint density at radius 1 is 1.13 bits per heavy atom. The zero-order valence-corrected chi connectivity index (χ0v) is 13.2. The Morgan fingerprint density at radius 3 is 2.83 bits per heavy atom. The molecule has 0 saturated heterocycles. The summed E-state index contributed by atoms with van der Waals surface area (Å²) in [7, 11) is 0. The smallest absolute Gasteiger partial charge is 0.159 e. The van der Waals surface area contributed by atoms with E-state index in [1.54, 1.807) is 24.5 Å². The molecule has 5 heteroatoms. The van der Waals surface area contributed by atoms with Crippen LogP contribution in [0.4, 0.5) is 0 Å². The van der Waals surface area contributed by atoms with Gasteiger partial charge in [0.05, 0.1) is 16.8 Å². The van der Waals surface area contributed by atoms with Gasteiger partial charge in [0, 0.05) is 11.1 Å². The normalized spacial score (nSPS) is 11.0. The molecule has 3 aromatic heterocycles. The maximum absolute atomic E-state index is 11.6. The molecule has 0 amide bonds. The molecular formula is C18H13N3OS. The van der Waals surface area contributed by atoms with E-state index in [9.17, 15) is 4.79 Å². The number of carbonyl (C=O) groups is 1. The molecule has 0 aliphatic carbocycles. The Balaban J connectivity index is 1.89. The minimum Gasteiger partial charge on any atom is -0.295 e. The van der Waals surface area contributed by atoms with Gasteiger partial charge in [0.2, 0.25) is 0 Å². The average Bonchev–Trinajstić information content (AvgIpc) is 3.24. The van der Waals surface area contributed by atoms with Gasteiger partial charge in [-0.1, -0.05) is 24.3 Å². The number of thiophene rings is 1. The van der Waals surface area contributed by atoms with Crippen LogP contribution in [0.25, 0.3) is 27.5 Å². The summed E-state index contributed by atoms with van der Waals surface area (Å²) in [6.45, 7) is 1.57. The first-order valence-electron chi connectivity index (χ1n) is 7.22. The summed E-state index contributed by atoms with van der Waals surface area (Å²) >= 11 is 1.65. The van der Waals surface area contributed by atoms with Crippen molar-refractivity contribution in [2.75, 3.05) is 0 Å². The van der Waals surface area contributed by atoms with Crippen LogP contribution in [0.15, 0.2) is 60.1 Å². The van der Waals surface area contributed by atoms with Crippen molar-refractivity contribution in [1.29, 1.82) is 0 Å². The summed E-state index contributed by atoms with van der Waals surface area (Å²) in [4.78, 5) is 17.1. The Bertz CT molecular complexity index is 1000. The van der Waals surface area contributed by atoms with E-state index in [-0.39, 0.29) is 5.78 Å². The van der Waals surface area contributed by atoms with Crippen LogP contribution in [-0.4, -0.2) is 20.4 Å². The monoisotopic (exact) mass is 319 g/mol. The molecule has 4 rings (SSSR count). The van der Waals surface area contributed by atoms with Crippen molar-refractivity contribution >= 4 is 22.8 Å². The molecular weight excluding hydrogens is 306 g/mol. The van der Waals surface area contributed by atoms with Crippen LogP contribution < -0.4 is 0 Å². The lowest BCUT2D eigenvalue weighted by molar-refractivity contribution is 0.101. The van der Waals surface area contributed by atoms with Crippen molar-refractivity contribution in [3.63, 3.8) is 0 Å². The first kappa shape index (κ1) is 13.8. The number of hydrogen-bond donors (Lipinski definition) is 0. The van der Waals surface area contributed by atoms with Crippen LogP contribution in [0.1, 0.15) is 17.3 Å². The molecule has 0 fully saturated rings. The lowest BCUT2D eigenvalue weighted by Crippen LogP contribution is -1.97. The molecule has 0 radical (unpaired) electrons. The number of carbonyl (C=O) groups excluding carboxylic acids is 1. The second kappa shape index (κ2) is 5.44. The van der Waals surface area contributed by atoms with E-state index in [4.69, 9.17) is 5.10 Å². The highest BCUT2D eigenvalue weighted by molar-refractivity contribution is 7.13. The molecule has 0 bridgehead atoms. The number of Topliss-reactive ketones (excluding diaryl/α,β-unsaturated/α-hetero) is 1. The second-order valence-electron chi connectivity index (χ2n) is 5.25. The van der Waals surface area contributed by atoms with Gasteiger partial charge in [-0.15, -0.1) is 11.3 Å². The van der Waals surface area contributed by atoms with E-state index in [2.05, 4.69) is 4.98 Å². The molecule has 0 unspecified atom stereocenters.